The lowest BCUT2D eigenvalue weighted by Crippen LogP contribution is -2.53. The smallest absolute Gasteiger partial charge is 0.277 e. The fourth-order valence-electron chi connectivity index (χ4n) is 4.25. The van der Waals surface area contributed by atoms with Crippen LogP contribution >= 0.6 is 0 Å². The molecule has 0 bridgehead atoms. The third-order valence-electron chi connectivity index (χ3n) is 6.06. The van der Waals surface area contributed by atoms with Gasteiger partial charge in [0.2, 0.25) is 5.43 Å². The van der Waals surface area contributed by atoms with Crippen molar-refractivity contribution in [2.24, 2.45) is 5.92 Å². The Morgan fingerprint density at radius 3 is 2.73 bits per heavy atom. The Morgan fingerprint density at radius 1 is 1.30 bits per heavy atom. The number of hydrogen-bond acceptors (Lipinski definition) is 5. The summed E-state index contributed by atoms with van der Waals surface area (Å²) in [5, 5.41) is 12.9. The van der Waals surface area contributed by atoms with Gasteiger partial charge >= 0.3 is 0 Å². The maximum Gasteiger partial charge on any atom is 0.277 e. The standard InChI is InChI=1S/C23H23F2N3O5/c1-11-6-12(2)28-18(33-13(11)3)10-27-9-16(20(29)21(30)19(27)23(28)32)22(31)26-8-14-4-5-15(24)7-17(14)25/h4-5,7,9,11-12,18,30H,3,6,8,10H2,1-2H3,(H,26,31)/t11?,12-,18-/m0/s1. The molecule has 3 heterocycles. The maximum atomic E-state index is 13.8. The van der Waals surface area contributed by atoms with Crippen molar-refractivity contribution in [3.8, 4) is 5.75 Å². The van der Waals surface area contributed by atoms with Crippen LogP contribution in [0, 0.1) is 17.6 Å². The number of amides is 2. The number of carbonyl (C=O) groups excluding carboxylic acids is 2. The number of nitrogens with zero attached hydrogens (tertiary/aromatic N) is 2. The van der Waals surface area contributed by atoms with Crippen LogP contribution < -0.4 is 10.7 Å². The van der Waals surface area contributed by atoms with E-state index in [2.05, 4.69) is 11.9 Å². The predicted molar refractivity (Wildman–Crippen MR) is 113 cm³/mol. The van der Waals surface area contributed by atoms with Gasteiger partial charge in [-0.25, -0.2) is 8.78 Å². The van der Waals surface area contributed by atoms with Gasteiger partial charge in [-0.2, -0.15) is 0 Å². The summed E-state index contributed by atoms with van der Waals surface area (Å²) in [6.45, 7) is 7.46. The zero-order valence-electron chi connectivity index (χ0n) is 18.1. The van der Waals surface area contributed by atoms with Gasteiger partial charge in [0.25, 0.3) is 11.8 Å². The van der Waals surface area contributed by atoms with Crippen molar-refractivity contribution in [1.82, 2.24) is 14.8 Å². The highest BCUT2D eigenvalue weighted by molar-refractivity contribution is 5.99. The first-order valence-corrected chi connectivity index (χ1v) is 10.4. The number of benzene rings is 1. The first kappa shape index (κ1) is 22.5. The van der Waals surface area contributed by atoms with Crippen LogP contribution in [-0.2, 0) is 17.8 Å². The minimum absolute atomic E-state index is 0.00312. The Labute approximate surface area is 188 Å². The molecule has 0 saturated carbocycles. The fraction of sp³-hybridized carbons (Fsp3) is 0.348. The van der Waals surface area contributed by atoms with E-state index < -0.39 is 46.4 Å². The summed E-state index contributed by atoms with van der Waals surface area (Å²) in [7, 11) is 0. The Hall–Kier alpha value is -3.69. The van der Waals surface area contributed by atoms with Gasteiger partial charge in [-0.1, -0.05) is 19.6 Å². The normalized spacial score (nSPS) is 22.2. The zero-order chi connectivity index (χ0) is 24.0. The molecule has 2 aliphatic heterocycles. The number of nitrogens with one attached hydrogen (secondary N) is 1. The highest BCUT2D eigenvalue weighted by Gasteiger charge is 2.42. The summed E-state index contributed by atoms with van der Waals surface area (Å²) in [5.74, 6) is -3.39. The minimum Gasteiger partial charge on any atom is -0.503 e. The molecule has 33 heavy (non-hydrogen) atoms. The highest BCUT2D eigenvalue weighted by atomic mass is 19.1. The van der Waals surface area contributed by atoms with Gasteiger partial charge in [-0.15, -0.1) is 0 Å². The minimum atomic E-state index is -1.02. The average Bonchev–Trinajstić information content (AvgIpc) is 2.85. The van der Waals surface area contributed by atoms with Crippen LogP contribution in [0.2, 0.25) is 0 Å². The Balaban J connectivity index is 1.65. The lowest BCUT2D eigenvalue weighted by atomic mass is 10.0. The van der Waals surface area contributed by atoms with Crippen molar-refractivity contribution in [3.63, 3.8) is 0 Å². The van der Waals surface area contributed by atoms with Gasteiger partial charge in [0.05, 0.1) is 12.3 Å². The summed E-state index contributed by atoms with van der Waals surface area (Å²) in [6.07, 6.45) is 1.06. The molecule has 1 aromatic carbocycles. The molecule has 1 saturated heterocycles. The van der Waals surface area contributed by atoms with E-state index in [9.17, 15) is 28.3 Å². The number of rotatable bonds is 3. The monoisotopic (exact) mass is 459 g/mol. The molecule has 2 aliphatic rings. The summed E-state index contributed by atoms with van der Waals surface area (Å²) in [6, 6.07) is 2.67. The van der Waals surface area contributed by atoms with Gasteiger partial charge in [-0.05, 0) is 19.4 Å². The lowest BCUT2D eigenvalue weighted by Gasteiger charge is -2.39. The summed E-state index contributed by atoms with van der Waals surface area (Å²) >= 11 is 0. The largest absolute Gasteiger partial charge is 0.503 e. The Bertz CT molecular complexity index is 1230. The molecule has 3 atom stereocenters. The van der Waals surface area contributed by atoms with Crippen molar-refractivity contribution >= 4 is 11.8 Å². The molecule has 1 unspecified atom stereocenters. The predicted octanol–water partition coefficient (Wildman–Crippen LogP) is 2.50. The number of aromatic hydroxyl groups is 1. The molecule has 0 radical (unpaired) electrons. The number of allylic oxidation sites excluding steroid dienone is 1. The second-order valence-electron chi connectivity index (χ2n) is 8.38. The molecule has 0 aliphatic carbocycles. The van der Waals surface area contributed by atoms with E-state index in [4.69, 9.17) is 4.74 Å². The number of hydrogen-bond donors (Lipinski definition) is 2. The van der Waals surface area contributed by atoms with Crippen molar-refractivity contribution in [2.75, 3.05) is 0 Å². The van der Waals surface area contributed by atoms with Gasteiger partial charge in [0.1, 0.15) is 17.2 Å². The van der Waals surface area contributed by atoms with Crippen LogP contribution in [0.4, 0.5) is 8.78 Å². The molecule has 2 N–H and O–H groups in total. The Kier molecular flexibility index (Phi) is 5.69. The van der Waals surface area contributed by atoms with Crippen LogP contribution in [0.1, 0.15) is 46.7 Å². The number of carbonyl (C=O) groups is 2. The van der Waals surface area contributed by atoms with Crippen molar-refractivity contribution in [3.05, 3.63) is 75.4 Å². The van der Waals surface area contributed by atoms with E-state index >= 15 is 0 Å². The molecule has 174 valence electrons. The number of pyridine rings is 1. The van der Waals surface area contributed by atoms with Gasteiger partial charge in [0, 0.05) is 36.3 Å². The van der Waals surface area contributed by atoms with E-state index in [1.165, 1.54) is 21.7 Å². The quantitative estimate of drug-likeness (QED) is 0.735. The van der Waals surface area contributed by atoms with Crippen molar-refractivity contribution < 1.29 is 28.2 Å². The second kappa shape index (κ2) is 8.34. The van der Waals surface area contributed by atoms with Crippen molar-refractivity contribution in [1.29, 1.82) is 0 Å². The highest BCUT2D eigenvalue weighted by Crippen LogP contribution is 2.33. The van der Waals surface area contributed by atoms with Gasteiger partial charge in [0.15, 0.2) is 17.7 Å². The summed E-state index contributed by atoms with van der Waals surface area (Å²) < 4.78 is 34.1. The van der Waals surface area contributed by atoms with Crippen LogP contribution in [0.3, 0.4) is 0 Å². The van der Waals surface area contributed by atoms with E-state index in [0.717, 1.165) is 6.07 Å². The third kappa shape index (κ3) is 3.96. The van der Waals surface area contributed by atoms with Crippen LogP contribution in [0.5, 0.6) is 5.75 Å². The van der Waals surface area contributed by atoms with E-state index in [0.29, 0.717) is 18.2 Å². The van der Waals surface area contributed by atoms with Crippen LogP contribution in [-0.4, -0.2) is 38.7 Å². The molecule has 2 aromatic rings. The number of aromatic nitrogens is 1. The topological polar surface area (TPSA) is 101 Å². The average molecular weight is 459 g/mol. The van der Waals surface area contributed by atoms with Crippen molar-refractivity contribution in [2.45, 2.75) is 45.6 Å². The van der Waals surface area contributed by atoms with Gasteiger partial charge in [-0.3, -0.25) is 19.3 Å². The number of ether oxygens (including phenoxy) is 1. The second-order valence-corrected chi connectivity index (χ2v) is 8.38. The molecule has 1 aromatic heterocycles. The maximum absolute atomic E-state index is 13.8. The molecular weight excluding hydrogens is 436 g/mol. The Morgan fingerprint density at radius 2 is 2.03 bits per heavy atom. The molecule has 0 spiro atoms. The molecule has 2 amide bonds. The first-order valence-electron chi connectivity index (χ1n) is 10.4. The molecule has 8 nitrogen and oxygen atoms in total. The third-order valence-corrected chi connectivity index (χ3v) is 6.06. The van der Waals surface area contributed by atoms with Crippen LogP contribution in [0.25, 0.3) is 0 Å². The zero-order valence-corrected chi connectivity index (χ0v) is 18.1. The van der Waals surface area contributed by atoms with Gasteiger partial charge < -0.3 is 19.7 Å². The van der Waals surface area contributed by atoms with Crippen LogP contribution in [0.15, 0.2) is 41.5 Å². The van der Waals surface area contributed by atoms with E-state index in [-0.39, 0.29) is 36.3 Å². The van der Waals surface area contributed by atoms with E-state index in [1.54, 1.807) is 0 Å². The molecule has 10 heteroatoms. The first-order chi connectivity index (χ1) is 15.6. The molecule has 4 rings (SSSR count). The number of fused-ring (bicyclic) bond motifs is 2. The number of halogens is 2. The SMILES string of the molecule is C=C1O[C@H]2Cn3cc(C(=O)NCc4ccc(F)cc4F)c(=O)c(O)c3C(=O)N2[C@@H](C)CC1C. The molecule has 1 fully saturated rings. The molecular formula is C23H23F2N3O5. The lowest BCUT2D eigenvalue weighted by molar-refractivity contribution is -0.0370. The van der Waals surface area contributed by atoms with E-state index in [1.807, 2.05) is 13.8 Å². The summed E-state index contributed by atoms with van der Waals surface area (Å²) in [5.41, 5.74) is -1.65. The fourth-order valence-corrected chi connectivity index (χ4v) is 4.25. The summed E-state index contributed by atoms with van der Waals surface area (Å²) in [4.78, 5) is 40.0.